The number of para-hydroxylation sites is 1. The Bertz CT molecular complexity index is 652. The summed E-state index contributed by atoms with van der Waals surface area (Å²) in [6.45, 7) is 2.04. The largest absolute Gasteiger partial charge is 0.496 e. The van der Waals surface area contributed by atoms with Crippen LogP contribution in [0.5, 0.6) is 5.75 Å². The third kappa shape index (κ3) is 3.30. The van der Waals surface area contributed by atoms with Gasteiger partial charge in [0.05, 0.1) is 12.4 Å². The van der Waals surface area contributed by atoms with E-state index in [1.165, 1.54) is 16.3 Å². The van der Waals surface area contributed by atoms with Crippen LogP contribution in [0.4, 0.5) is 0 Å². The van der Waals surface area contributed by atoms with Crippen LogP contribution < -0.4 is 16.2 Å². The molecule has 2 rings (SSSR count). The number of ether oxygens (including phenoxy) is 1. The van der Waals surface area contributed by atoms with Crippen LogP contribution in [0.2, 0.25) is 0 Å². The second kappa shape index (κ2) is 6.82. The lowest BCUT2D eigenvalue weighted by Crippen LogP contribution is -2.26. The highest BCUT2D eigenvalue weighted by Crippen LogP contribution is 2.40. The lowest BCUT2D eigenvalue weighted by molar-refractivity contribution is 0.407. The van der Waals surface area contributed by atoms with Gasteiger partial charge in [0.1, 0.15) is 5.75 Å². The van der Waals surface area contributed by atoms with Crippen molar-refractivity contribution in [2.45, 2.75) is 29.8 Å². The van der Waals surface area contributed by atoms with Gasteiger partial charge >= 0.3 is 5.69 Å². The topological polar surface area (TPSA) is 85.9 Å². The van der Waals surface area contributed by atoms with Crippen molar-refractivity contribution in [1.29, 1.82) is 0 Å². The molecule has 0 spiro atoms. The van der Waals surface area contributed by atoms with Crippen molar-refractivity contribution in [3.05, 3.63) is 40.3 Å². The van der Waals surface area contributed by atoms with Gasteiger partial charge in [-0.3, -0.25) is 4.57 Å². The first-order chi connectivity index (χ1) is 10.1. The van der Waals surface area contributed by atoms with Crippen LogP contribution >= 0.6 is 11.8 Å². The fourth-order valence-electron chi connectivity index (χ4n) is 2.05. The molecule has 2 aromatic rings. The SMILES string of the molecule is CCC(N)C(Sc1n[nH]c(=O)n1C)c1ccccc1OC. The van der Waals surface area contributed by atoms with Crippen LogP contribution in [0, 0.1) is 0 Å². The second-order valence-corrected chi connectivity index (χ2v) is 5.83. The Balaban J connectivity index is 2.39. The summed E-state index contributed by atoms with van der Waals surface area (Å²) in [5, 5.41) is 7.06. The number of methoxy groups -OCH3 is 1. The predicted octanol–water partition coefficient (Wildman–Crippen LogP) is 1.69. The maximum atomic E-state index is 11.5. The number of rotatable bonds is 6. The van der Waals surface area contributed by atoms with Crippen LogP contribution in [-0.2, 0) is 7.05 Å². The standard InChI is InChI=1S/C14H20N4O2S/c1-4-10(15)12(9-7-5-6-8-11(9)20-3)21-14-17-16-13(19)18(14)2/h5-8,10,12H,4,15H2,1-3H3,(H,16,19). The molecule has 0 saturated carbocycles. The number of benzene rings is 1. The van der Waals surface area contributed by atoms with Crippen molar-refractivity contribution in [2.24, 2.45) is 12.8 Å². The molecule has 6 nitrogen and oxygen atoms in total. The van der Waals surface area contributed by atoms with E-state index in [1.54, 1.807) is 14.2 Å². The van der Waals surface area contributed by atoms with E-state index in [2.05, 4.69) is 10.2 Å². The van der Waals surface area contributed by atoms with E-state index in [-0.39, 0.29) is 17.0 Å². The van der Waals surface area contributed by atoms with E-state index in [9.17, 15) is 4.79 Å². The third-order valence-electron chi connectivity index (χ3n) is 3.38. The fraction of sp³-hybridized carbons (Fsp3) is 0.429. The second-order valence-electron chi connectivity index (χ2n) is 4.72. The molecule has 0 aliphatic carbocycles. The van der Waals surface area contributed by atoms with E-state index < -0.39 is 0 Å². The van der Waals surface area contributed by atoms with Gasteiger partial charge in [-0.05, 0) is 12.5 Å². The van der Waals surface area contributed by atoms with E-state index in [1.807, 2.05) is 31.2 Å². The summed E-state index contributed by atoms with van der Waals surface area (Å²) in [4.78, 5) is 11.5. The Morgan fingerprint density at radius 1 is 1.48 bits per heavy atom. The highest BCUT2D eigenvalue weighted by Gasteiger charge is 2.25. The molecule has 21 heavy (non-hydrogen) atoms. The number of hydrogen-bond donors (Lipinski definition) is 2. The van der Waals surface area contributed by atoms with Gasteiger partial charge in [0.15, 0.2) is 5.16 Å². The monoisotopic (exact) mass is 308 g/mol. The van der Waals surface area contributed by atoms with Gasteiger partial charge in [-0.2, -0.15) is 0 Å². The Morgan fingerprint density at radius 2 is 2.19 bits per heavy atom. The zero-order valence-electron chi connectivity index (χ0n) is 12.4. The molecule has 0 amide bonds. The predicted molar refractivity (Wildman–Crippen MR) is 83.7 cm³/mol. The smallest absolute Gasteiger partial charge is 0.343 e. The van der Waals surface area contributed by atoms with Gasteiger partial charge < -0.3 is 10.5 Å². The first kappa shape index (κ1) is 15.7. The lowest BCUT2D eigenvalue weighted by Gasteiger charge is -2.23. The Morgan fingerprint density at radius 3 is 2.76 bits per heavy atom. The summed E-state index contributed by atoms with van der Waals surface area (Å²) in [5.41, 5.74) is 7.05. The number of thioether (sulfide) groups is 1. The van der Waals surface area contributed by atoms with Gasteiger partial charge in [-0.1, -0.05) is 36.9 Å². The average Bonchev–Trinajstić information content (AvgIpc) is 2.83. The minimum absolute atomic E-state index is 0.0416. The molecule has 0 radical (unpaired) electrons. The molecule has 0 saturated heterocycles. The molecule has 0 fully saturated rings. The molecule has 2 atom stereocenters. The molecular formula is C14H20N4O2S. The van der Waals surface area contributed by atoms with Crippen molar-refractivity contribution in [3.63, 3.8) is 0 Å². The van der Waals surface area contributed by atoms with Crippen LogP contribution in [0.25, 0.3) is 0 Å². The quantitative estimate of drug-likeness (QED) is 0.793. The van der Waals surface area contributed by atoms with E-state index >= 15 is 0 Å². The third-order valence-corrected chi connectivity index (χ3v) is 4.81. The maximum absolute atomic E-state index is 11.5. The summed E-state index contributed by atoms with van der Waals surface area (Å²) in [6, 6.07) is 7.72. The number of aromatic amines is 1. The first-order valence-corrected chi connectivity index (χ1v) is 7.63. The van der Waals surface area contributed by atoms with E-state index in [4.69, 9.17) is 10.5 Å². The Kier molecular flexibility index (Phi) is 5.08. The molecule has 2 unspecified atom stereocenters. The number of aromatic nitrogens is 3. The average molecular weight is 308 g/mol. The maximum Gasteiger partial charge on any atom is 0.343 e. The lowest BCUT2D eigenvalue weighted by atomic mass is 10.0. The van der Waals surface area contributed by atoms with Crippen molar-refractivity contribution < 1.29 is 4.74 Å². The molecule has 114 valence electrons. The molecule has 1 heterocycles. The molecule has 3 N–H and O–H groups in total. The van der Waals surface area contributed by atoms with Gasteiger partial charge in [-0.25, -0.2) is 9.89 Å². The molecule has 0 aliphatic heterocycles. The summed E-state index contributed by atoms with van der Waals surface area (Å²) in [5.74, 6) is 0.791. The van der Waals surface area contributed by atoms with E-state index in [0.717, 1.165) is 17.7 Å². The van der Waals surface area contributed by atoms with Crippen molar-refractivity contribution in [1.82, 2.24) is 14.8 Å². The minimum Gasteiger partial charge on any atom is -0.496 e. The summed E-state index contributed by atoms with van der Waals surface area (Å²) in [6.07, 6.45) is 0.814. The minimum atomic E-state index is -0.235. The number of nitrogens with zero attached hydrogens (tertiary/aromatic N) is 2. The van der Waals surface area contributed by atoms with Crippen molar-refractivity contribution >= 4 is 11.8 Å². The zero-order chi connectivity index (χ0) is 15.4. The number of hydrogen-bond acceptors (Lipinski definition) is 5. The molecule has 7 heteroatoms. The summed E-state index contributed by atoms with van der Waals surface area (Å²) in [7, 11) is 3.33. The summed E-state index contributed by atoms with van der Waals surface area (Å²) >= 11 is 1.47. The van der Waals surface area contributed by atoms with Crippen LogP contribution in [0.3, 0.4) is 0 Å². The zero-order valence-corrected chi connectivity index (χ0v) is 13.2. The fourth-order valence-corrected chi connectivity index (χ4v) is 3.30. The normalized spacial score (nSPS) is 13.9. The van der Waals surface area contributed by atoms with Gasteiger partial charge in [0.2, 0.25) is 0 Å². The highest BCUT2D eigenvalue weighted by atomic mass is 32.2. The van der Waals surface area contributed by atoms with E-state index in [0.29, 0.717) is 5.16 Å². The number of H-pyrrole nitrogens is 1. The van der Waals surface area contributed by atoms with Crippen LogP contribution in [0.15, 0.2) is 34.2 Å². The summed E-state index contributed by atoms with van der Waals surface area (Å²) < 4.78 is 6.91. The molecule has 0 aliphatic rings. The van der Waals surface area contributed by atoms with Gasteiger partial charge in [0, 0.05) is 18.7 Å². The first-order valence-electron chi connectivity index (χ1n) is 6.75. The Hall–Kier alpha value is -1.73. The molecule has 0 bridgehead atoms. The number of nitrogens with two attached hydrogens (primary N) is 1. The molecular weight excluding hydrogens is 288 g/mol. The van der Waals surface area contributed by atoms with Gasteiger partial charge in [0.25, 0.3) is 0 Å². The molecule has 1 aromatic carbocycles. The number of nitrogens with one attached hydrogen (secondary N) is 1. The highest BCUT2D eigenvalue weighted by molar-refractivity contribution is 7.99. The van der Waals surface area contributed by atoms with Crippen LogP contribution in [0.1, 0.15) is 24.2 Å². The van der Waals surface area contributed by atoms with Gasteiger partial charge in [-0.15, -0.1) is 5.10 Å². The van der Waals surface area contributed by atoms with Crippen LogP contribution in [-0.4, -0.2) is 27.9 Å². The Labute approximate surface area is 127 Å². The van der Waals surface area contributed by atoms with Crippen molar-refractivity contribution in [2.75, 3.05) is 7.11 Å². The van der Waals surface area contributed by atoms with Crippen molar-refractivity contribution in [3.8, 4) is 5.75 Å². The molecule has 1 aromatic heterocycles.